The second-order valence-corrected chi connectivity index (χ2v) is 11.6. The van der Waals surface area contributed by atoms with Crippen LogP contribution in [0.15, 0.2) is 108 Å². The van der Waals surface area contributed by atoms with Crippen molar-refractivity contribution in [2.75, 3.05) is 7.11 Å². The predicted molar refractivity (Wildman–Crippen MR) is 175 cm³/mol. The van der Waals surface area contributed by atoms with Crippen LogP contribution in [0.25, 0.3) is 28.0 Å². The Kier molecular flexibility index (Phi) is 9.38. The van der Waals surface area contributed by atoms with Crippen molar-refractivity contribution in [3.63, 3.8) is 0 Å². The summed E-state index contributed by atoms with van der Waals surface area (Å²) in [6, 6.07) is 30.9. The number of carbonyl (C=O) groups is 1. The van der Waals surface area contributed by atoms with E-state index in [1.165, 1.54) is 0 Å². The molecule has 1 heterocycles. The maximum atomic E-state index is 13.3. The molecular weight excluding hydrogens is 566 g/mol. The van der Waals surface area contributed by atoms with E-state index in [9.17, 15) is 4.79 Å². The minimum absolute atomic E-state index is 0.145. The molecule has 0 aliphatic carbocycles. The van der Waals surface area contributed by atoms with Gasteiger partial charge in [-0.2, -0.15) is 0 Å². The molecule has 7 nitrogen and oxygen atoms in total. The van der Waals surface area contributed by atoms with Crippen LogP contribution in [0.1, 0.15) is 43.2 Å². The average Bonchev–Trinajstić information content (AvgIpc) is 3.43. The van der Waals surface area contributed by atoms with Crippen LogP contribution in [0.2, 0.25) is 0 Å². The number of nitrogens with zero attached hydrogens (tertiary/aromatic N) is 1. The highest BCUT2D eigenvalue weighted by Crippen LogP contribution is 2.44. The van der Waals surface area contributed by atoms with Crippen molar-refractivity contribution in [3.8, 4) is 39.7 Å². The van der Waals surface area contributed by atoms with Gasteiger partial charge in [-0.05, 0) is 62.6 Å². The third kappa shape index (κ3) is 7.62. The first kappa shape index (κ1) is 31.1. The molecule has 0 spiro atoms. The van der Waals surface area contributed by atoms with Gasteiger partial charge in [0.2, 0.25) is 0 Å². The molecule has 0 radical (unpaired) electrons. The molecule has 1 aromatic heterocycles. The van der Waals surface area contributed by atoms with E-state index in [-0.39, 0.29) is 12.2 Å². The first-order chi connectivity index (χ1) is 21.6. The molecule has 7 heteroatoms. The summed E-state index contributed by atoms with van der Waals surface area (Å²) in [6.45, 7) is 12.0. The molecule has 0 unspecified atom stereocenters. The average molecular weight is 604 g/mol. The second-order valence-electron chi connectivity index (χ2n) is 11.6. The predicted octanol–water partition coefficient (Wildman–Crippen LogP) is 8.84. The molecule has 45 heavy (non-hydrogen) atoms. The van der Waals surface area contributed by atoms with Crippen LogP contribution in [0, 0.1) is 6.92 Å². The number of aryl methyl sites for hydroxylation is 1. The third-order valence-corrected chi connectivity index (χ3v) is 7.01. The van der Waals surface area contributed by atoms with Gasteiger partial charge in [0.15, 0.2) is 5.76 Å². The number of methoxy groups -OCH3 is 1. The van der Waals surface area contributed by atoms with Crippen molar-refractivity contribution >= 4 is 11.5 Å². The number of benzene rings is 4. The number of aromatic nitrogens is 1. The summed E-state index contributed by atoms with van der Waals surface area (Å²) >= 11 is 0. The molecule has 0 amide bonds. The van der Waals surface area contributed by atoms with Gasteiger partial charge in [-0.25, -0.2) is 4.79 Å². The number of ether oxygens (including phenoxy) is 4. The van der Waals surface area contributed by atoms with Crippen LogP contribution >= 0.6 is 0 Å². The highest BCUT2D eigenvalue weighted by atomic mass is 16.6. The van der Waals surface area contributed by atoms with E-state index in [2.05, 4.69) is 11.7 Å². The molecule has 0 N–H and O–H groups in total. The van der Waals surface area contributed by atoms with E-state index in [0.29, 0.717) is 40.7 Å². The van der Waals surface area contributed by atoms with Crippen molar-refractivity contribution in [2.45, 2.75) is 46.5 Å². The van der Waals surface area contributed by atoms with Gasteiger partial charge in [-0.3, -0.25) is 0 Å². The lowest BCUT2D eigenvalue weighted by atomic mass is 9.95. The molecule has 0 saturated carbocycles. The topological polar surface area (TPSA) is 80.0 Å². The SMILES string of the molecule is C=C(C(=O)OC(C)(C)C)c1cc(-c2onc(C)c2-c2ccc(OC)cc2)c(OCc2ccccc2)cc1OCc1ccccc1. The van der Waals surface area contributed by atoms with Gasteiger partial charge in [0.1, 0.15) is 36.1 Å². The minimum Gasteiger partial charge on any atom is -0.497 e. The molecule has 0 aliphatic heterocycles. The summed E-state index contributed by atoms with van der Waals surface area (Å²) in [5.41, 5.74) is 4.80. The number of hydrogen-bond donors (Lipinski definition) is 0. The van der Waals surface area contributed by atoms with Crippen molar-refractivity contribution in [3.05, 3.63) is 126 Å². The third-order valence-electron chi connectivity index (χ3n) is 7.01. The van der Waals surface area contributed by atoms with Gasteiger partial charge in [-0.1, -0.05) is 84.5 Å². The zero-order chi connectivity index (χ0) is 32.0. The summed E-state index contributed by atoms with van der Waals surface area (Å²) in [6.07, 6.45) is 0. The van der Waals surface area contributed by atoms with E-state index in [4.69, 9.17) is 23.5 Å². The van der Waals surface area contributed by atoms with E-state index < -0.39 is 11.6 Å². The molecule has 0 fully saturated rings. The number of carbonyl (C=O) groups excluding carboxylic acids is 1. The molecule has 4 aromatic carbocycles. The Morgan fingerprint density at radius 3 is 1.96 bits per heavy atom. The number of esters is 1. The van der Waals surface area contributed by atoms with Crippen LogP contribution in [-0.4, -0.2) is 23.8 Å². The first-order valence-corrected chi connectivity index (χ1v) is 14.7. The molecule has 0 atom stereocenters. The Bertz CT molecular complexity index is 1770. The zero-order valence-electron chi connectivity index (χ0n) is 26.3. The lowest BCUT2D eigenvalue weighted by Gasteiger charge is -2.22. The Hall–Kier alpha value is -5.30. The summed E-state index contributed by atoms with van der Waals surface area (Å²) in [4.78, 5) is 13.3. The fourth-order valence-corrected chi connectivity index (χ4v) is 4.78. The molecule has 5 rings (SSSR count). The van der Waals surface area contributed by atoms with Gasteiger partial charge in [0.25, 0.3) is 0 Å². The van der Waals surface area contributed by atoms with Crippen LogP contribution < -0.4 is 14.2 Å². The maximum Gasteiger partial charge on any atom is 0.338 e. The van der Waals surface area contributed by atoms with E-state index in [1.807, 2.05) is 113 Å². The lowest BCUT2D eigenvalue weighted by Crippen LogP contribution is -2.24. The normalized spacial score (nSPS) is 11.1. The van der Waals surface area contributed by atoms with Crippen LogP contribution in [0.3, 0.4) is 0 Å². The van der Waals surface area contributed by atoms with Crippen molar-refractivity contribution in [2.24, 2.45) is 0 Å². The summed E-state index contributed by atoms with van der Waals surface area (Å²) in [5.74, 6) is 1.57. The smallest absolute Gasteiger partial charge is 0.338 e. The van der Waals surface area contributed by atoms with E-state index in [0.717, 1.165) is 28.0 Å². The summed E-state index contributed by atoms with van der Waals surface area (Å²) < 4.78 is 29.8. The quantitative estimate of drug-likeness (QED) is 0.110. The Balaban J connectivity index is 1.66. The number of hydrogen-bond acceptors (Lipinski definition) is 7. The largest absolute Gasteiger partial charge is 0.497 e. The van der Waals surface area contributed by atoms with Gasteiger partial charge < -0.3 is 23.5 Å². The summed E-state index contributed by atoms with van der Waals surface area (Å²) in [7, 11) is 1.63. The summed E-state index contributed by atoms with van der Waals surface area (Å²) in [5, 5.41) is 4.32. The van der Waals surface area contributed by atoms with Gasteiger partial charge in [0.05, 0.1) is 29.5 Å². The fraction of sp³-hybridized carbons (Fsp3) is 0.211. The van der Waals surface area contributed by atoms with Gasteiger partial charge in [-0.15, -0.1) is 0 Å². The minimum atomic E-state index is -0.712. The van der Waals surface area contributed by atoms with Crippen molar-refractivity contribution in [1.29, 1.82) is 0 Å². The van der Waals surface area contributed by atoms with Gasteiger partial charge in [0, 0.05) is 11.6 Å². The van der Waals surface area contributed by atoms with Crippen LogP contribution in [0.4, 0.5) is 0 Å². The first-order valence-electron chi connectivity index (χ1n) is 14.7. The molecule has 5 aromatic rings. The van der Waals surface area contributed by atoms with Crippen molar-refractivity contribution < 1.29 is 28.3 Å². The highest BCUT2D eigenvalue weighted by Gasteiger charge is 2.27. The number of rotatable bonds is 11. The van der Waals surface area contributed by atoms with Crippen LogP contribution in [-0.2, 0) is 22.7 Å². The Morgan fingerprint density at radius 2 is 1.40 bits per heavy atom. The molecule has 0 aliphatic rings. The fourth-order valence-electron chi connectivity index (χ4n) is 4.78. The monoisotopic (exact) mass is 603 g/mol. The Labute approximate surface area is 264 Å². The molecule has 0 saturated heterocycles. The van der Waals surface area contributed by atoms with Crippen molar-refractivity contribution in [1.82, 2.24) is 5.16 Å². The molecule has 230 valence electrons. The zero-order valence-corrected chi connectivity index (χ0v) is 26.3. The standard InChI is InChI=1S/C38H37NO6/c1-25(37(40)44-38(3,4)5)31-21-32(36-35(26(2)39-45-36)29-17-19-30(41-6)20-18-29)34(43-24-28-15-11-8-12-16-28)22-33(31)42-23-27-13-9-7-10-14-27/h7-22H,1,23-24H2,2-6H3. The second kappa shape index (κ2) is 13.6. The maximum absolute atomic E-state index is 13.3. The highest BCUT2D eigenvalue weighted by molar-refractivity contribution is 6.17. The lowest BCUT2D eigenvalue weighted by molar-refractivity contribution is -0.147. The molecular formula is C38H37NO6. The van der Waals surface area contributed by atoms with Gasteiger partial charge >= 0.3 is 5.97 Å². The van der Waals surface area contributed by atoms with E-state index in [1.54, 1.807) is 19.2 Å². The van der Waals surface area contributed by atoms with E-state index >= 15 is 0 Å². The Morgan fingerprint density at radius 1 is 0.822 bits per heavy atom. The van der Waals surface area contributed by atoms with Crippen LogP contribution in [0.5, 0.6) is 17.2 Å². The molecule has 0 bridgehead atoms.